The molecular weight excluding hydrogens is 234 g/mol. The zero-order valence-electron chi connectivity index (χ0n) is 12.3. The predicted molar refractivity (Wildman–Crippen MR) is 73.0 cm³/mol. The Hall–Kier alpha value is -0.180. The van der Waals surface area contributed by atoms with Crippen molar-refractivity contribution in [1.29, 1.82) is 0 Å². The van der Waals surface area contributed by atoms with Gasteiger partial charge < -0.3 is 5.11 Å². The average Bonchev–Trinajstić information content (AvgIpc) is 2.32. The molecular formula is C15H30F2O. The van der Waals surface area contributed by atoms with Gasteiger partial charge >= 0.3 is 0 Å². The molecule has 0 saturated carbocycles. The number of hydrogen-bond donors (Lipinski definition) is 1. The summed E-state index contributed by atoms with van der Waals surface area (Å²) < 4.78 is 26.8. The number of hydrogen-bond acceptors (Lipinski definition) is 1. The molecule has 1 atom stereocenters. The molecule has 0 aromatic carbocycles. The monoisotopic (exact) mass is 264 g/mol. The van der Waals surface area contributed by atoms with Crippen LogP contribution in [0.5, 0.6) is 0 Å². The number of rotatable bonds is 11. The van der Waals surface area contributed by atoms with Crippen LogP contribution in [-0.4, -0.2) is 17.6 Å². The predicted octanol–water partition coefficient (Wildman–Crippen LogP) is 5.17. The molecule has 1 N–H and O–H groups in total. The van der Waals surface area contributed by atoms with E-state index in [9.17, 15) is 8.78 Å². The van der Waals surface area contributed by atoms with Gasteiger partial charge in [-0.3, -0.25) is 0 Å². The molecule has 1 unspecified atom stereocenters. The Morgan fingerprint density at radius 1 is 0.889 bits per heavy atom. The lowest BCUT2D eigenvalue weighted by molar-refractivity contribution is -0.0859. The fraction of sp³-hybridized carbons (Fsp3) is 1.00. The van der Waals surface area contributed by atoms with Crippen molar-refractivity contribution in [3.05, 3.63) is 0 Å². The fourth-order valence-electron chi connectivity index (χ4n) is 2.56. The molecule has 0 aromatic rings. The van der Waals surface area contributed by atoms with E-state index in [1.807, 2.05) is 6.92 Å². The van der Waals surface area contributed by atoms with Gasteiger partial charge in [0, 0.05) is 6.42 Å². The lowest BCUT2D eigenvalue weighted by atomic mass is 9.75. The van der Waals surface area contributed by atoms with Gasteiger partial charge in [0.15, 0.2) is 0 Å². The Labute approximate surface area is 111 Å². The lowest BCUT2D eigenvalue weighted by Gasteiger charge is -2.33. The average molecular weight is 264 g/mol. The van der Waals surface area contributed by atoms with E-state index in [0.717, 1.165) is 38.5 Å². The summed E-state index contributed by atoms with van der Waals surface area (Å²) in [7, 11) is 0. The normalized spacial score (nSPS) is 15.7. The quantitative estimate of drug-likeness (QED) is 0.510. The second-order valence-electron chi connectivity index (χ2n) is 5.92. The van der Waals surface area contributed by atoms with E-state index in [4.69, 9.17) is 5.11 Å². The van der Waals surface area contributed by atoms with Crippen LogP contribution in [0, 0.1) is 5.41 Å². The van der Waals surface area contributed by atoms with E-state index in [0.29, 0.717) is 0 Å². The van der Waals surface area contributed by atoms with Crippen LogP contribution in [-0.2, 0) is 0 Å². The van der Waals surface area contributed by atoms with Crippen molar-refractivity contribution in [2.45, 2.75) is 84.5 Å². The van der Waals surface area contributed by atoms with Crippen LogP contribution < -0.4 is 0 Å². The highest BCUT2D eigenvalue weighted by molar-refractivity contribution is 4.81. The highest BCUT2D eigenvalue weighted by Crippen LogP contribution is 2.40. The fourth-order valence-corrected chi connectivity index (χ4v) is 2.56. The minimum Gasteiger partial charge on any atom is -0.390 e. The highest BCUT2D eigenvalue weighted by Gasteiger charge is 2.37. The number of aliphatic hydroxyl groups is 1. The Kier molecular flexibility index (Phi) is 8.75. The Balaban J connectivity index is 4.32. The first-order valence-electron chi connectivity index (χ1n) is 7.38. The lowest BCUT2D eigenvalue weighted by Crippen LogP contribution is -2.31. The van der Waals surface area contributed by atoms with E-state index < -0.39 is 12.5 Å². The van der Waals surface area contributed by atoms with Crippen LogP contribution in [0.15, 0.2) is 0 Å². The molecule has 0 aliphatic rings. The summed E-state index contributed by atoms with van der Waals surface area (Å²) >= 11 is 0. The third-order valence-electron chi connectivity index (χ3n) is 3.68. The molecule has 0 radical (unpaired) electrons. The first-order valence-corrected chi connectivity index (χ1v) is 7.38. The third kappa shape index (κ3) is 8.02. The molecule has 0 aliphatic heterocycles. The number of unbranched alkanes of at least 4 members (excludes halogenated alkanes) is 4. The zero-order valence-corrected chi connectivity index (χ0v) is 12.3. The topological polar surface area (TPSA) is 20.2 Å². The van der Waals surface area contributed by atoms with Gasteiger partial charge in [0.2, 0.25) is 0 Å². The van der Waals surface area contributed by atoms with Crippen LogP contribution >= 0.6 is 0 Å². The second-order valence-corrected chi connectivity index (χ2v) is 5.92. The zero-order chi connectivity index (χ0) is 14.1. The molecule has 110 valence electrons. The Morgan fingerprint density at radius 2 is 1.44 bits per heavy atom. The molecule has 3 heteroatoms. The van der Waals surface area contributed by atoms with Crippen LogP contribution in [0.3, 0.4) is 0 Å². The summed E-state index contributed by atoms with van der Waals surface area (Å²) in [6, 6.07) is 0. The number of alkyl halides is 2. The van der Waals surface area contributed by atoms with Gasteiger partial charge in [-0.15, -0.1) is 0 Å². The summed E-state index contributed by atoms with van der Waals surface area (Å²) in [5.41, 5.74) is -0.323. The molecule has 0 aromatic heterocycles. The van der Waals surface area contributed by atoms with Crippen molar-refractivity contribution in [1.82, 2.24) is 0 Å². The van der Waals surface area contributed by atoms with Crippen molar-refractivity contribution in [2.24, 2.45) is 5.41 Å². The number of halogens is 2. The van der Waals surface area contributed by atoms with Crippen LogP contribution in [0.25, 0.3) is 0 Å². The van der Waals surface area contributed by atoms with E-state index in [-0.39, 0.29) is 11.8 Å². The highest BCUT2D eigenvalue weighted by atomic mass is 19.3. The van der Waals surface area contributed by atoms with Crippen molar-refractivity contribution in [2.75, 3.05) is 6.61 Å². The van der Waals surface area contributed by atoms with Gasteiger partial charge in [-0.05, 0) is 18.3 Å². The molecule has 0 saturated heterocycles. The van der Waals surface area contributed by atoms with Crippen LogP contribution in [0.2, 0.25) is 0 Å². The van der Waals surface area contributed by atoms with Crippen LogP contribution in [0.4, 0.5) is 8.78 Å². The molecule has 0 aliphatic carbocycles. The maximum atomic E-state index is 13.4. The van der Waals surface area contributed by atoms with E-state index in [1.54, 1.807) is 0 Å². The largest absolute Gasteiger partial charge is 0.390 e. The van der Waals surface area contributed by atoms with Gasteiger partial charge in [0.05, 0.1) is 0 Å². The first kappa shape index (κ1) is 17.8. The Morgan fingerprint density at radius 3 is 1.94 bits per heavy atom. The van der Waals surface area contributed by atoms with Gasteiger partial charge in [-0.2, -0.15) is 0 Å². The van der Waals surface area contributed by atoms with Gasteiger partial charge in [0.25, 0.3) is 5.92 Å². The summed E-state index contributed by atoms with van der Waals surface area (Å²) in [5.74, 6) is -2.92. The number of aliphatic hydroxyl groups excluding tert-OH is 1. The summed E-state index contributed by atoms with van der Waals surface area (Å²) in [6.45, 7) is 5.17. The molecule has 0 rings (SSSR count). The molecule has 0 bridgehead atoms. The van der Waals surface area contributed by atoms with Crippen molar-refractivity contribution >= 4 is 0 Å². The van der Waals surface area contributed by atoms with Crippen LogP contribution in [0.1, 0.15) is 78.6 Å². The van der Waals surface area contributed by atoms with Crippen molar-refractivity contribution < 1.29 is 13.9 Å². The minimum absolute atomic E-state index is 0.178. The van der Waals surface area contributed by atoms with Crippen molar-refractivity contribution in [3.63, 3.8) is 0 Å². The van der Waals surface area contributed by atoms with Gasteiger partial charge in [-0.25, -0.2) is 8.78 Å². The van der Waals surface area contributed by atoms with E-state index in [1.165, 1.54) is 12.8 Å². The molecule has 1 nitrogen and oxygen atoms in total. The van der Waals surface area contributed by atoms with Crippen molar-refractivity contribution in [3.8, 4) is 0 Å². The smallest absolute Gasteiger partial charge is 0.271 e. The van der Waals surface area contributed by atoms with Gasteiger partial charge in [0.1, 0.15) is 6.61 Å². The van der Waals surface area contributed by atoms with E-state index >= 15 is 0 Å². The maximum Gasteiger partial charge on any atom is 0.271 e. The standard InChI is InChI=1S/C15H30F2O/c1-4-6-8-9-11-14(3,10-7-5-2)12-15(16,17)13-18/h18H,4-13H2,1-3H3. The van der Waals surface area contributed by atoms with E-state index in [2.05, 4.69) is 13.8 Å². The Bertz CT molecular complexity index is 207. The first-order chi connectivity index (χ1) is 8.39. The molecule has 0 fully saturated rings. The third-order valence-corrected chi connectivity index (χ3v) is 3.68. The SMILES string of the molecule is CCCCCCC(C)(CCCC)CC(F)(F)CO. The molecule has 18 heavy (non-hydrogen) atoms. The molecule has 0 spiro atoms. The second kappa shape index (κ2) is 8.84. The minimum atomic E-state index is -2.92. The maximum absolute atomic E-state index is 13.4. The summed E-state index contributed by atoms with van der Waals surface area (Å²) in [5, 5.41) is 8.74. The molecule has 0 heterocycles. The molecule has 0 amide bonds. The van der Waals surface area contributed by atoms with Gasteiger partial charge in [-0.1, -0.05) is 59.3 Å². The summed E-state index contributed by atoms with van der Waals surface area (Å²) in [4.78, 5) is 0. The summed E-state index contributed by atoms with van der Waals surface area (Å²) in [6.07, 6.45) is 8.04.